The molecule has 0 bridgehead atoms. The predicted octanol–water partition coefficient (Wildman–Crippen LogP) is 0.718. The molecule has 3 atom stereocenters. The van der Waals surface area contributed by atoms with Crippen LogP contribution in [0.1, 0.15) is 33.1 Å². The Morgan fingerprint density at radius 3 is 2.47 bits per heavy atom. The largest absolute Gasteiger partial charge is 0.457 e. The summed E-state index contributed by atoms with van der Waals surface area (Å²) < 4.78 is 10.6. The van der Waals surface area contributed by atoms with Crippen LogP contribution < -0.4 is 0 Å². The molecule has 2 heterocycles. The zero-order chi connectivity index (χ0) is 12.4. The number of carbonyl (C=O) groups excluding carboxylic acids is 2. The predicted molar refractivity (Wildman–Crippen MR) is 60.3 cm³/mol. The van der Waals surface area contributed by atoms with Crippen LogP contribution >= 0.6 is 0 Å². The molecule has 2 aliphatic rings. The zero-order valence-corrected chi connectivity index (χ0v) is 10.3. The Bertz CT molecular complexity index is 318. The molecule has 0 aromatic rings. The first-order chi connectivity index (χ1) is 8.08. The van der Waals surface area contributed by atoms with Crippen LogP contribution in [0.3, 0.4) is 0 Å². The molecule has 0 spiro atoms. The molecule has 0 aromatic carbocycles. The second-order valence-corrected chi connectivity index (χ2v) is 4.78. The lowest BCUT2D eigenvalue weighted by Gasteiger charge is -2.31. The maximum Gasteiger partial charge on any atom is 0.303 e. The molecule has 0 aliphatic carbocycles. The fourth-order valence-corrected chi connectivity index (χ4v) is 2.86. The third kappa shape index (κ3) is 2.77. The summed E-state index contributed by atoms with van der Waals surface area (Å²) in [7, 11) is 0. The van der Waals surface area contributed by atoms with Gasteiger partial charge in [0.2, 0.25) is 0 Å². The second kappa shape index (κ2) is 5.04. The summed E-state index contributed by atoms with van der Waals surface area (Å²) in [6, 6.07) is 0.219. The van der Waals surface area contributed by atoms with Crippen molar-refractivity contribution in [3.05, 3.63) is 0 Å². The van der Waals surface area contributed by atoms with Crippen molar-refractivity contribution in [3.63, 3.8) is 0 Å². The smallest absolute Gasteiger partial charge is 0.303 e. The van der Waals surface area contributed by atoms with Crippen LogP contribution in [0.4, 0.5) is 0 Å². The standard InChI is InChI=1S/C12H19NO4/c1-8(14)16-11-7-13-6-4-3-5-10(13)12(11)17-9(2)15/h10-12H,3-7H2,1-2H3. The molecule has 0 amide bonds. The first kappa shape index (κ1) is 12.4. The average molecular weight is 241 g/mol. The zero-order valence-electron chi connectivity index (χ0n) is 10.3. The molecular formula is C12H19NO4. The molecular weight excluding hydrogens is 222 g/mol. The molecule has 0 N–H and O–H groups in total. The van der Waals surface area contributed by atoms with E-state index in [1.807, 2.05) is 0 Å². The summed E-state index contributed by atoms with van der Waals surface area (Å²) in [6.45, 7) is 4.47. The number of piperidine rings is 1. The number of fused-ring (bicyclic) bond motifs is 1. The van der Waals surface area contributed by atoms with Crippen molar-refractivity contribution in [2.24, 2.45) is 0 Å². The minimum atomic E-state index is -0.313. The van der Waals surface area contributed by atoms with Crippen LogP contribution in [-0.4, -0.2) is 48.2 Å². The SMILES string of the molecule is CC(=O)OC1CN2CCCCC2C1OC(C)=O. The number of carbonyl (C=O) groups is 2. The van der Waals surface area contributed by atoms with Gasteiger partial charge in [0.15, 0.2) is 12.2 Å². The lowest BCUT2D eigenvalue weighted by atomic mass is 10.00. The van der Waals surface area contributed by atoms with Gasteiger partial charge in [0, 0.05) is 20.4 Å². The Labute approximate surface area is 101 Å². The van der Waals surface area contributed by atoms with E-state index in [-0.39, 0.29) is 30.2 Å². The molecule has 17 heavy (non-hydrogen) atoms. The summed E-state index contributed by atoms with van der Waals surface area (Å²) >= 11 is 0. The molecule has 0 aromatic heterocycles. The molecule has 2 saturated heterocycles. The quantitative estimate of drug-likeness (QED) is 0.667. The number of hydrogen-bond acceptors (Lipinski definition) is 5. The Hall–Kier alpha value is -1.10. The normalized spacial score (nSPS) is 32.9. The molecule has 5 heteroatoms. The highest BCUT2D eigenvalue weighted by molar-refractivity contribution is 5.67. The lowest BCUT2D eigenvalue weighted by molar-refractivity contribution is -0.162. The van der Waals surface area contributed by atoms with Crippen LogP contribution in [0.2, 0.25) is 0 Å². The topological polar surface area (TPSA) is 55.8 Å². The minimum absolute atomic E-state index is 0.219. The summed E-state index contributed by atoms with van der Waals surface area (Å²) in [5.41, 5.74) is 0. The van der Waals surface area contributed by atoms with Crippen molar-refractivity contribution in [2.45, 2.75) is 51.4 Å². The molecule has 2 aliphatic heterocycles. The van der Waals surface area contributed by atoms with Gasteiger partial charge in [0.1, 0.15) is 0 Å². The molecule has 3 unspecified atom stereocenters. The highest BCUT2D eigenvalue weighted by Gasteiger charge is 2.46. The molecule has 2 fully saturated rings. The van der Waals surface area contributed by atoms with Crippen molar-refractivity contribution in [2.75, 3.05) is 13.1 Å². The highest BCUT2D eigenvalue weighted by atomic mass is 16.6. The number of esters is 2. The Balaban J connectivity index is 2.08. The van der Waals surface area contributed by atoms with Gasteiger partial charge < -0.3 is 9.47 Å². The van der Waals surface area contributed by atoms with Crippen molar-refractivity contribution < 1.29 is 19.1 Å². The van der Waals surface area contributed by atoms with E-state index in [2.05, 4.69) is 4.90 Å². The number of rotatable bonds is 2. The van der Waals surface area contributed by atoms with Gasteiger partial charge in [-0.05, 0) is 19.4 Å². The van der Waals surface area contributed by atoms with E-state index in [0.717, 1.165) is 25.8 Å². The Morgan fingerprint density at radius 2 is 1.82 bits per heavy atom. The third-order valence-corrected chi connectivity index (χ3v) is 3.44. The fraction of sp³-hybridized carbons (Fsp3) is 0.833. The second-order valence-electron chi connectivity index (χ2n) is 4.78. The molecule has 0 saturated carbocycles. The van der Waals surface area contributed by atoms with Crippen LogP contribution in [0.15, 0.2) is 0 Å². The van der Waals surface area contributed by atoms with Gasteiger partial charge >= 0.3 is 11.9 Å². The molecule has 96 valence electrons. The molecule has 5 nitrogen and oxygen atoms in total. The lowest BCUT2D eigenvalue weighted by Crippen LogP contribution is -2.41. The molecule has 2 rings (SSSR count). The van der Waals surface area contributed by atoms with Crippen LogP contribution in [-0.2, 0) is 19.1 Å². The van der Waals surface area contributed by atoms with Gasteiger partial charge in [-0.2, -0.15) is 0 Å². The highest BCUT2D eigenvalue weighted by Crippen LogP contribution is 2.31. The average Bonchev–Trinajstić information content (AvgIpc) is 2.55. The van der Waals surface area contributed by atoms with Crippen LogP contribution in [0.25, 0.3) is 0 Å². The van der Waals surface area contributed by atoms with Gasteiger partial charge in [-0.1, -0.05) is 6.42 Å². The summed E-state index contributed by atoms with van der Waals surface area (Å²) in [5, 5.41) is 0. The minimum Gasteiger partial charge on any atom is -0.457 e. The van der Waals surface area contributed by atoms with Crippen molar-refractivity contribution in [1.29, 1.82) is 0 Å². The maximum atomic E-state index is 11.1. The van der Waals surface area contributed by atoms with E-state index >= 15 is 0 Å². The molecule has 0 radical (unpaired) electrons. The number of hydrogen-bond donors (Lipinski definition) is 0. The number of nitrogens with zero attached hydrogens (tertiary/aromatic N) is 1. The van der Waals surface area contributed by atoms with Crippen LogP contribution in [0, 0.1) is 0 Å². The summed E-state index contributed by atoms with van der Waals surface area (Å²) in [4.78, 5) is 24.4. The van der Waals surface area contributed by atoms with E-state index in [0.29, 0.717) is 6.54 Å². The van der Waals surface area contributed by atoms with E-state index in [9.17, 15) is 9.59 Å². The van der Waals surface area contributed by atoms with E-state index < -0.39 is 0 Å². The van der Waals surface area contributed by atoms with E-state index in [1.165, 1.54) is 13.8 Å². The monoisotopic (exact) mass is 241 g/mol. The number of ether oxygens (including phenoxy) is 2. The van der Waals surface area contributed by atoms with Gasteiger partial charge in [-0.25, -0.2) is 0 Å². The Morgan fingerprint density at radius 1 is 1.12 bits per heavy atom. The van der Waals surface area contributed by atoms with Crippen molar-refractivity contribution in [1.82, 2.24) is 4.90 Å². The summed E-state index contributed by atoms with van der Waals surface area (Å²) in [5.74, 6) is -0.619. The first-order valence-corrected chi connectivity index (χ1v) is 6.16. The van der Waals surface area contributed by atoms with Crippen LogP contribution in [0.5, 0.6) is 0 Å². The van der Waals surface area contributed by atoms with Gasteiger partial charge in [-0.15, -0.1) is 0 Å². The van der Waals surface area contributed by atoms with Crippen molar-refractivity contribution >= 4 is 11.9 Å². The Kier molecular flexibility index (Phi) is 3.66. The van der Waals surface area contributed by atoms with Gasteiger partial charge in [0.25, 0.3) is 0 Å². The summed E-state index contributed by atoms with van der Waals surface area (Å²) in [6.07, 6.45) is 2.72. The van der Waals surface area contributed by atoms with Gasteiger partial charge in [0.05, 0.1) is 6.04 Å². The van der Waals surface area contributed by atoms with E-state index in [1.54, 1.807) is 0 Å². The van der Waals surface area contributed by atoms with Gasteiger partial charge in [-0.3, -0.25) is 14.5 Å². The van der Waals surface area contributed by atoms with E-state index in [4.69, 9.17) is 9.47 Å². The third-order valence-electron chi connectivity index (χ3n) is 3.44. The first-order valence-electron chi connectivity index (χ1n) is 6.16. The fourth-order valence-electron chi connectivity index (χ4n) is 2.86. The van der Waals surface area contributed by atoms with Crippen molar-refractivity contribution in [3.8, 4) is 0 Å². The maximum absolute atomic E-state index is 11.1.